The fourth-order valence-electron chi connectivity index (χ4n) is 2.76. The standard InChI is InChI=1S/C15H24N2O/c1-12(15-8-4-5-9-16-15)17-11-14(18)10-13-6-2-3-7-13/h4-5,8-9,12-14,17-18H,2-3,6-7,10-11H2,1H3/t12-,14?/m1/s1. The maximum atomic E-state index is 10.0. The average Bonchev–Trinajstić information content (AvgIpc) is 2.90. The summed E-state index contributed by atoms with van der Waals surface area (Å²) in [6.07, 6.45) is 7.81. The summed E-state index contributed by atoms with van der Waals surface area (Å²) in [5.74, 6) is 0.743. The predicted molar refractivity (Wildman–Crippen MR) is 73.2 cm³/mol. The van der Waals surface area contributed by atoms with Crippen LogP contribution in [0.4, 0.5) is 0 Å². The van der Waals surface area contributed by atoms with E-state index >= 15 is 0 Å². The van der Waals surface area contributed by atoms with Gasteiger partial charge in [-0.1, -0.05) is 31.7 Å². The van der Waals surface area contributed by atoms with Crippen LogP contribution < -0.4 is 5.32 Å². The van der Waals surface area contributed by atoms with Crippen molar-refractivity contribution in [3.05, 3.63) is 30.1 Å². The molecule has 0 amide bonds. The highest BCUT2D eigenvalue weighted by Gasteiger charge is 2.19. The smallest absolute Gasteiger partial charge is 0.0667 e. The molecule has 2 rings (SSSR count). The van der Waals surface area contributed by atoms with E-state index in [2.05, 4.69) is 17.2 Å². The van der Waals surface area contributed by atoms with Gasteiger partial charge in [0, 0.05) is 18.8 Å². The van der Waals surface area contributed by atoms with Gasteiger partial charge in [0.15, 0.2) is 0 Å². The molecule has 0 aromatic carbocycles. The summed E-state index contributed by atoms with van der Waals surface area (Å²) in [7, 11) is 0. The summed E-state index contributed by atoms with van der Waals surface area (Å²) in [4.78, 5) is 4.32. The van der Waals surface area contributed by atoms with Gasteiger partial charge in [0.25, 0.3) is 0 Å². The number of rotatable bonds is 6. The summed E-state index contributed by atoms with van der Waals surface area (Å²) in [6, 6.07) is 6.13. The van der Waals surface area contributed by atoms with Crippen LogP contribution >= 0.6 is 0 Å². The number of aromatic nitrogens is 1. The predicted octanol–water partition coefficient (Wildman–Crippen LogP) is 2.67. The second-order valence-corrected chi connectivity index (χ2v) is 5.42. The molecule has 2 N–H and O–H groups in total. The summed E-state index contributed by atoms with van der Waals surface area (Å²) in [5.41, 5.74) is 1.03. The Bertz CT molecular complexity index is 336. The molecule has 0 bridgehead atoms. The van der Waals surface area contributed by atoms with E-state index in [1.54, 1.807) is 0 Å². The topological polar surface area (TPSA) is 45.1 Å². The van der Waals surface area contributed by atoms with Gasteiger partial charge >= 0.3 is 0 Å². The van der Waals surface area contributed by atoms with Gasteiger partial charge in [0.05, 0.1) is 11.8 Å². The molecule has 2 atom stereocenters. The van der Waals surface area contributed by atoms with E-state index in [4.69, 9.17) is 0 Å². The molecule has 1 fully saturated rings. The third-order valence-electron chi connectivity index (χ3n) is 3.87. The zero-order valence-electron chi connectivity index (χ0n) is 11.2. The minimum atomic E-state index is -0.223. The Morgan fingerprint density at radius 2 is 2.17 bits per heavy atom. The average molecular weight is 248 g/mol. The van der Waals surface area contributed by atoms with Crippen LogP contribution in [0.2, 0.25) is 0 Å². The molecule has 100 valence electrons. The highest BCUT2D eigenvalue weighted by atomic mass is 16.3. The highest BCUT2D eigenvalue weighted by molar-refractivity contribution is 5.07. The van der Waals surface area contributed by atoms with Crippen LogP contribution in [-0.2, 0) is 0 Å². The molecule has 1 unspecified atom stereocenters. The zero-order valence-corrected chi connectivity index (χ0v) is 11.2. The minimum absolute atomic E-state index is 0.199. The Hall–Kier alpha value is -0.930. The van der Waals surface area contributed by atoms with Crippen LogP contribution in [0.3, 0.4) is 0 Å². The van der Waals surface area contributed by atoms with E-state index in [-0.39, 0.29) is 12.1 Å². The van der Waals surface area contributed by atoms with Crippen molar-refractivity contribution in [2.75, 3.05) is 6.54 Å². The summed E-state index contributed by atoms with van der Waals surface area (Å²) < 4.78 is 0. The van der Waals surface area contributed by atoms with Crippen molar-refractivity contribution >= 4 is 0 Å². The van der Waals surface area contributed by atoms with Crippen molar-refractivity contribution < 1.29 is 5.11 Å². The molecular weight excluding hydrogens is 224 g/mol. The maximum absolute atomic E-state index is 10.0. The Kier molecular flexibility index (Phi) is 5.14. The molecule has 3 nitrogen and oxygen atoms in total. The first-order valence-electron chi connectivity index (χ1n) is 7.08. The second kappa shape index (κ2) is 6.86. The van der Waals surface area contributed by atoms with Gasteiger partial charge in [-0.3, -0.25) is 4.98 Å². The SMILES string of the molecule is C[C@@H](NCC(O)CC1CCCC1)c1ccccn1. The quantitative estimate of drug-likeness (QED) is 0.813. The Morgan fingerprint density at radius 1 is 1.39 bits per heavy atom. The van der Waals surface area contributed by atoms with E-state index in [1.807, 2.05) is 24.4 Å². The lowest BCUT2D eigenvalue weighted by Gasteiger charge is -2.19. The zero-order chi connectivity index (χ0) is 12.8. The fourth-order valence-corrected chi connectivity index (χ4v) is 2.76. The molecule has 1 aromatic rings. The van der Waals surface area contributed by atoms with Gasteiger partial charge in [-0.15, -0.1) is 0 Å². The van der Waals surface area contributed by atoms with E-state index in [0.717, 1.165) is 18.0 Å². The first-order chi connectivity index (χ1) is 8.75. The molecule has 18 heavy (non-hydrogen) atoms. The first-order valence-corrected chi connectivity index (χ1v) is 7.08. The lowest BCUT2D eigenvalue weighted by atomic mass is 10.00. The van der Waals surface area contributed by atoms with E-state index in [1.165, 1.54) is 25.7 Å². The Labute approximate surface area is 110 Å². The molecular formula is C15H24N2O. The van der Waals surface area contributed by atoms with Gasteiger partial charge in [-0.25, -0.2) is 0 Å². The molecule has 0 spiro atoms. The van der Waals surface area contributed by atoms with Crippen LogP contribution in [0.1, 0.15) is 50.8 Å². The van der Waals surface area contributed by atoms with Crippen molar-refractivity contribution in [1.82, 2.24) is 10.3 Å². The van der Waals surface area contributed by atoms with Gasteiger partial charge in [0.2, 0.25) is 0 Å². The number of aliphatic hydroxyl groups excluding tert-OH is 1. The minimum Gasteiger partial charge on any atom is -0.392 e. The number of aliphatic hydroxyl groups is 1. The summed E-state index contributed by atoms with van der Waals surface area (Å²) >= 11 is 0. The van der Waals surface area contributed by atoms with E-state index < -0.39 is 0 Å². The Morgan fingerprint density at radius 3 is 2.83 bits per heavy atom. The van der Waals surface area contributed by atoms with Gasteiger partial charge < -0.3 is 10.4 Å². The van der Waals surface area contributed by atoms with Crippen molar-refractivity contribution in [1.29, 1.82) is 0 Å². The van der Waals surface area contributed by atoms with Crippen molar-refractivity contribution in [3.8, 4) is 0 Å². The molecule has 1 aliphatic carbocycles. The Balaban J connectivity index is 1.70. The lowest BCUT2D eigenvalue weighted by Crippen LogP contribution is -2.30. The molecule has 1 aromatic heterocycles. The molecule has 1 saturated carbocycles. The molecule has 0 radical (unpaired) electrons. The largest absolute Gasteiger partial charge is 0.392 e. The number of pyridine rings is 1. The summed E-state index contributed by atoms with van der Waals surface area (Å²) in [5, 5.41) is 13.4. The second-order valence-electron chi connectivity index (χ2n) is 5.42. The van der Waals surface area contributed by atoms with E-state index in [0.29, 0.717) is 6.54 Å². The van der Waals surface area contributed by atoms with Gasteiger partial charge in [-0.05, 0) is 31.4 Å². The highest BCUT2D eigenvalue weighted by Crippen LogP contribution is 2.28. The molecule has 1 heterocycles. The maximum Gasteiger partial charge on any atom is 0.0667 e. The van der Waals surface area contributed by atoms with Crippen molar-refractivity contribution in [3.63, 3.8) is 0 Å². The number of hydrogen-bond donors (Lipinski definition) is 2. The van der Waals surface area contributed by atoms with Gasteiger partial charge in [0.1, 0.15) is 0 Å². The lowest BCUT2D eigenvalue weighted by molar-refractivity contribution is 0.137. The summed E-state index contributed by atoms with van der Waals surface area (Å²) in [6.45, 7) is 2.75. The molecule has 3 heteroatoms. The third-order valence-corrected chi connectivity index (χ3v) is 3.87. The first kappa shape index (κ1) is 13.5. The molecule has 0 saturated heterocycles. The normalized spacial score (nSPS) is 19.9. The van der Waals surface area contributed by atoms with Crippen LogP contribution in [0.25, 0.3) is 0 Å². The van der Waals surface area contributed by atoms with Crippen molar-refractivity contribution in [2.24, 2.45) is 5.92 Å². The molecule has 1 aliphatic rings. The van der Waals surface area contributed by atoms with Gasteiger partial charge in [-0.2, -0.15) is 0 Å². The fraction of sp³-hybridized carbons (Fsp3) is 0.667. The number of nitrogens with zero attached hydrogens (tertiary/aromatic N) is 1. The number of nitrogens with one attached hydrogen (secondary N) is 1. The van der Waals surface area contributed by atoms with Crippen LogP contribution in [-0.4, -0.2) is 22.7 Å². The number of hydrogen-bond acceptors (Lipinski definition) is 3. The van der Waals surface area contributed by atoms with Crippen LogP contribution in [0.15, 0.2) is 24.4 Å². The van der Waals surface area contributed by atoms with Crippen LogP contribution in [0, 0.1) is 5.92 Å². The third kappa shape index (κ3) is 4.07. The molecule has 0 aliphatic heterocycles. The monoisotopic (exact) mass is 248 g/mol. The van der Waals surface area contributed by atoms with Crippen LogP contribution in [0.5, 0.6) is 0 Å². The van der Waals surface area contributed by atoms with Crippen molar-refractivity contribution in [2.45, 2.75) is 51.2 Å². The van der Waals surface area contributed by atoms with E-state index in [9.17, 15) is 5.11 Å².